The van der Waals surface area contributed by atoms with Gasteiger partial charge in [0.25, 0.3) is 0 Å². The monoisotopic (exact) mass is 305 g/mol. The van der Waals surface area contributed by atoms with E-state index in [4.69, 9.17) is 0 Å². The van der Waals surface area contributed by atoms with E-state index in [0.29, 0.717) is 19.5 Å². The highest BCUT2D eigenvalue weighted by atomic mass is 28.3. The van der Waals surface area contributed by atoms with Gasteiger partial charge >= 0.3 is 0 Å². The SMILES string of the molecule is C=CCN1CC2=C([Si](CC)(CC)CC)C(=O)C[C@@H](C1)C2=O. The number of carbonyl (C=O) groups excluding carboxylic acids is 2. The average Bonchev–Trinajstić information content (AvgIpc) is 2.47. The summed E-state index contributed by atoms with van der Waals surface area (Å²) in [4.78, 5) is 27.7. The Balaban J connectivity index is 2.51. The Morgan fingerprint density at radius 1 is 1.24 bits per heavy atom. The molecule has 0 spiro atoms. The molecule has 1 atom stereocenters. The van der Waals surface area contributed by atoms with Crippen LogP contribution < -0.4 is 0 Å². The molecule has 0 unspecified atom stereocenters. The predicted octanol–water partition coefficient (Wildman–Crippen LogP) is 2.99. The summed E-state index contributed by atoms with van der Waals surface area (Å²) in [5.74, 6) is 0.435. The number of fused-ring (bicyclic) bond motifs is 2. The summed E-state index contributed by atoms with van der Waals surface area (Å²) in [5, 5.41) is 0.991. The molecule has 0 N–H and O–H groups in total. The Morgan fingerprint density at radius 3 is 2.38 bits per heavy atom. The molecule has 1 aliphatic carbocycles. The topological polar surface area (TPSA) is 37.4 Å². The minimum absolute atomic E-state index is 0.109. The van der Waals surface area contributed by atoms with Gasteiger partial charge in [-0.2, -0.15) is 0 Å². The molecule has 1 heterocycles. The van der Waals surface area contributed by atoms with E-state index in [2.05, 4.69) is 32.3 Å². The van der Waals surface area contributed by atoms with Crippen molar-refractivity contribution in [3.8, 4) is 0 Å². The van der Waals surface area contributed by atoms with E-state index >= 15 is 0 Å². The van der Waals surface area contributed by atoms with Crippen molar-refractivity contribution in [2.45, 2.75) is 45.3 Å². The second kappa shape index (κ2) is 6.40. The maximum atomic E-state index is 12.7. The van der Waals surface area contributed by atoms with Gasteiger partial charge < -0.3 is 0 Å². The van der Waals surface area contributed by atoms with E-state index < -0.39 is 8.07 Å². The summed E-state index contributed by atoms with van der Waals surface area (Å²) >= 11 is 0. The van der Waals surface area contributed by atoms with E-state index in [1.54, 1.807) is 0 Å². The second-order valence-electron chi connectivity index (χ2n) is 6.37. The van der Waals surface area contributed by atoms with Gasteiger partial charge in [-0.1, -0.05) is 45.0 Å². The lowest BCUT2D eigenvalue weighted by Crippen LogP contribution is -2.52. The molecule has 0 amide bonds. The molecule has 21 heavy (non-hydrogen) atoms. The number of ketones is 2. The zero-order valence-electron chi connectivity index (χ0n) is 13.6. The third kappa shape index (κ3) is 2.71. The highest BCUT2D eigenvalue weighted by Gasteiger charge is 2.46. The number of hydrogen-bond acceptors (Lipinski definition) is 3. The number of allylic oxidation sites excluding steroid dienone is 1. The molecule has 2 rings (SSSR count). The van der Waals surface area contributed by atoms with Crippen molar-refractivity contribution in [2.75, 3.05) is 19.6 Å². The van der Waals surface area contributed by atoms with Crippen LogP contribution >= 0.6 is 0 Å². The minimum Gasteiger partial charge on any atom is -0.295 e. The predicted molar refractivity (Wildman–Crippen MR) is 89.0 cm³/mol. The second-order valence-corrected chi connectivity index (χ2v) is 11.5. The first-order chi connectivity index (χ1) is 10.0. The van der Waals surface area contributed by atoms with Crippen molar-refractivity contribution >= 4 is 19.6 Å². The van der Waals surface area contributed by atoms with Crippen LogP contribution in [-0.4, -0.2) is 44.2 Å². The van der Waals surface area contributed by atoms with Gasteiger partial charge in [0.05, 0.1) is 8.07 Å². The van der Waals surface area contributed by atoms with Crippen LogP contribution in [0.25, 0.3) is 0 Å². The normalized spacial score (nSPS) is 23.7. The summed E-state index contributed by atoms with van der Waals surface area (Å²) in [6.07, 6.45) is 2.32. The molecule has 3 nitrogen and oxygen atoms in total. The van der Waals surface area contributed by atoms with Crippen LogP contribution in [0.15, 0.2) is 23.4 Å². The standard InChI is InChI=1S/C17H27NO2Si/c1-5-9-18-11-13-10-15(19)17(14(12-18)16(13)20)21(6-2,7-3)8-4/h5,13H,1,6-12H2,2-4H3/t13-/m0/s1. The van der Waals surface area contributed by atoms with Crippen LogP contribution in [0.5, 0.6) is 0 Å². The average molecular weight is 305 g/mol. The molecule has 4 heteroatoms. The molecule has 116 valence electrons. The van der Waals surface area contributed by atoms with Gasteiger partial charge in [-0.05, 0) is 5.20 Å². The number of Topliss-reactive ketones (excluding diaryl/α,β-unsaturated/α-hetero) is 2. The lowest BCUT2D eigenvalue weighted by Gasteiger charge is -2.41. The van der Waals surface area contributed by atoms with Gasteiger partial charge in [0.1, 0.15) is 0 Å². The molecular weight excluding hydrogens is 278 g/mol. The fourth-order valence-electron chi connectivity index (χ4n) is 4.08. The van der Waals surface area contributed by atoms with E-state index in [1.165, 1.54) is 0 Å². The third-order valence-electron chi connectivity index (χ3n) is 5.49. The molecule has 0 aromatic heterocycles. The lowest BCUT2D eigenvalue weighted by molar-refractivity contribution is -0.128. The molecule has 0 aromatic carbocycles. The summed E-state index contributed by atoms with van der Waals surface area (Å²) in [7, 11) is -1.80. The van der Waals surface area contributed by atoms with Gasteiger partial charge in [-0.15, -0.1) is 6.58 Å². The molecule has 2 aliphatic rings. The molecule has 1 saturated heterocycles. The number of hydrogen-bond donors (Lipinski definition) is 0. The van der Waals surface area contributed by atoms with Gasteiger partial charge in [0.15, 0.2) is 11.6 Å². The van der Waals surface area contributed by atoms with Crippen LogP contribution in [-0.2, 0) is 9.59 Å². The fourth-order valence-corrected chi connectivity index (χ4v) is 8.18. The van der Waals surface area contributed by atoms with Crippen LogP contribution in [0, 0.1) is 5.92 Å². The quantitative estimate of drug-likeness (QED) is 0.559. The molecule has 0 radical (unpaired) electrons. The van der Waals surface area contributed by atoms with Crippen molar-refractivity contribution in [3.05, 3.63) is 23.4 Å². The van der Waals surface area contributed by atoms with Crippen LogP contribution in [0.2, 0.25) is 18.1 Å². The Bertz CT molecular complexity index is 483. The van der Waals surface area contributed by atoms with Gasteiger partial charge in [-0.3, -0.25) is 14.5 Å². The molecule has 1 fully saturated rings. The Kier molecular flexibility index (Phi) is 4.99. The van der Waals surface area contributed by atoms with Crippen LogP contribution in [0.4, 0.5) is 0 Å². The van der Waals surface area contributed by atoms with Crippen LogP contribution in [0.3, 0.4) is 0 Å². The van der Waals surface area contributed by atoms with E-state index in [1.807, 2.05) is 6.08 Å². The summed E-state index contributed by atoms with van der Waals surface area (Å²) in [5.41, 5.74) is 0.863. The number of nitrogens with zero attached hydrogens (tertiary/aromatic N) is 1. The highest BCUT2D eigenvalue weighted by Crippen LogP contribution is 2.39. The first-order valence-electron chi connectivity index (χ1n) is 8.17. The highest BCUT2D eigenvalue weighted by molar-refractivity contribution is 6.90. The smallest absolute Gasteiger partial charge is 0.164 e. The summed E-state index contributed by atoms with van der Waals surface area (Å²) in [6.45, 7) is 12.5. The molecule has 1 aliphatic heterocycles. The first kappa shape index (κ1) is 16.4. The Hall–Kier alpha value is -1.00. The Labute approximate surface area is 129 Å². The van der Waals surface area contributed by atoms with Crippen molar-refractivity contribution in [1.29, 1.82) is 0 Å². The number of piperidine rings is 1. The van der Waals surface area contributed by atoms with E-state index in [0.717, 1.165) is 35.4 Å². The molecule has 0 saturated carbocycles. The Morgan fingerprint density at radius 2 is 1.86 bits per heavy atom. The number of likely N-dealkylation sites (tertiary alicyclic amines) is 1. The van der Waals surface area contributed by atoms with Crippen molar-refractivity contribution in [1.82, 2.24) is 4.90 Å². The summed E-state index contributed by atoms with van der Waals surface area (Å²) < 4.78 is 0. The zero-order chi connectivity index (χ0) is 15.6. The van der Waals surface area contributed by atoms with Gasteiger partial charge in [0, 0.05) is 37.5 Å². The molecule has 0 aromatic rings. The molecular formula is C17H27NO2Si. The zero-order valence-corrected chi connectivity index (χ0v) is 14.6. The largest absolute Gasteiger partial charge is 0.295 e. The van der Waals surface area contributed by atoms with Crippen molar-refractivity contribution < 1.29 is 9.59 Å². The number of carbonyl (C=O) groups is 2. The maximum Gasteiger partial charge on any atom is 0.164 e. The molecule has 2 bridgehead atoms. The third-order valence-corrected chi connectivity index (χ3v) is 11.2. The van der Waals surface area contributed by atoms with Crippen molar-refractivity contribution in [2.24, 2.45) is 5.92 Å². The van der Waals surface area contributed by atoms with E-state index in [-0.39, 0.29) is 17.5 Å². The maximum absolute atomic E-state index is 12.7. The van der Waals surface area contributed by atoms with E-state index in [9.17, 15) is 9.59 Å². The van der Waals surface area contributed by atoms with Crippen LogP contribution in [0.1, 0.15) is 27.2 Å². The van der Waals surface area contributed by atoms with Gasteiger partial charge in [-0.25, -0.2) is 0 Å². The van der Waals surface area contributed by atoms with Crippen molar-refractivity contribution in [3.63, 3.8) is 0 Å². The first-order valence-corrected chi connectivity index (χ1v) is 10.8. The minimum atomic E-state index is -1.80. The lowest BCUT2D eigenvalue weighted by atomic mass is 9.82. The summed E-state index contributed by atoms with van der Waals surface area (Å²) in [6, 6.07) is 3.18. The fraction of sp³-hybridized carbons (Fsp3) is 0.647. The number of rotatable bonds is 6. The van der Waals surface area contributed by atoms with Gasteiger partial charge in [0.2, 0.25) is 0 Å².